The van der Waals surface area contributed by atoms with E-state index in [9.17, 15) is 19.5 Å². The average molecular weight is 399 g/mol. The van der Waals surface area contributed by atoms with E-state index in [0.717, 1.165) is 12.8 Å². The quantitative estimate of drug-likeness (QED) is 0.114. The van der Waals surface area contributed by atoms with E-state index in [1.807, 2.05) is 0 Å². The van der Waals surface area contributed by atoms with E-state index in [1.165, 1.54) is 4.90 Å². The maximum absolute atomic E-state index is 12.6. The Labute approximate surface area is 164 Å². The molecule has 0 aromatic heterocycles. The number of hydrogen-bond acceptors (Lipinski definition) is 6. The highest BCUT2D eigenvalue weighted by atomic mass is 16.4. The molecule has 11 heteroatoms. The van der Waals surface area contributed by atoms with Gasteiger partial charge in [0.1, 0.15) is 12.1 Å². The second-order valence-electron chi connectivity index (χ2n) is 6.96. The molecule has 0 saturated carbocycles. The Morgan fingerprint density at radius 1 is 1.21 bits per heavy atom. The number of unbranched alkanes of at least 4 members (excludes halogenated alkanes) is 1. The van der Waals surface area contributed by atoms with Crippen molar-refractivity contribution in [3.05, 3.63) is 0 Å². The molecule has 1 fully saturated rings. The van der Waals surface area contributed by atoms with E-state index in [4.69, 9.17) is 22.6 Å². The summed E-state index contributed by atoms with van der Waals surface area (Å²) in [7, 11) is 0. The van der Waals surface area contributed by atoms with E-state index in [1.54, 1.807) is 0 Å². The summed E-state index contributed by atoms with van der Waals surface area (Å²) in [5, 5.41) is 21.5. The van der Waals surface area contributed by atoms with Gasteiger partial charge in [0.2, 0.25) is 11.8 Å². The number of carbonyl (C=O) groups is 3. The van der Waals surface area contributed by atoms with Gasteiger partial charge >= 0.3 is 5.97 Å². The first-order valence-electron chi connectivity index (χ1n) is 9.65. The zero-order valence-corrected chi connectivity index (χ0v) is 16.2. The highest BCUT2D eigenvalue weighted by molar-refractivity contribution is 5.92. The van der Waals surface area contributed by atoms with Crippen molar-refractivity contribution in [2.45, 2.75) is 63.1 Å². The van der Waals surface area contributed by atoms with Crippen molar-refractivity contribution < 1.29 is 19.5 Å². The lowest BCUT2D eigenvalue weighted by Crippen LogP contribution is -2.54. The van der Waals surface area contributed by atoms with E-state index >= 15 is 0 Å². The van der Waals surface area contributed by atoms with Crippen LogP contribution in [-0.4, -0.2) is 71.5 Å². The standard InChI is InChI=1S/C17H33N7O4/c18-8-2-1-5-11(19)15(26)24-10-4-7-13(24)14(25)23-12(16(27)28)6-3-9-22-17(20)21/h11-13H,1-10,18-19H2,(H,23,25)(H,27,28)(H4,20,21,22). The van der Waals surface area contributed by atoms with Crippen LogP contribution in [-0.2, 0) is 14.4 Å². The number of rotatable bonds is 12. The van der Waals surface area contributed by atoms with Crippen LogP contribution in [0.4, 0.5) is 0 Å². The fourth-order valence-electron chi connectivity index (χ4n) is 3.20. The fraction of sp³-hybridized carbons (Fsp3) is 0.765. The molecule has 28 heavy (non-hydrogen) atoms. The molecule has 160 valence electrons. The molecule has 0 aromatic carbocycles. The average Bonchev–Trinajstić information content (AvgIpc) is 3.12. The van der Waals surface area contributed by atoms with Crippen molar-refractivity contribution in [3.63, 3.8) is 0 Å². The number of amides is 2. The SMILES string of the molecule is N=C(N)NCCCC(NC(=O)C1CCCN1C(=O)C(N)CCCCN)C(=O)O. The van der Waals surface area contributed by atoms with Gasteiger partial charge in [0.05, 0.1) is 6.04 Å². The lowest BCUT2D eigenvalue weighted by molar-refractivity contribution is -0.144. The Hall–Kier alpha value is -2.40. The minimum absolute atomic E-state index is 0.181. The van der Waals surface area contributed by atoms with Gasteiger partial charge in [-0.3, -0.25) is 15.0 Å². The number of carbonyl (C=O) groups excluding carboxylic acids is 2. The third-order valence-corrected chi connectivity index (χ3v) is 4.72. The van der Waals surface area contributed by atoms with Crippen molar-refractivity contribution >= 4 is 23.7 Å². The summed E-state index contributed by atoms with van der Waals surface area (Å²) in [6.45, 7) is 1.30. The molecule has 2 amide bonds. The number of hydrogen-bond donors (Lipinski definition) is 7. The molecule has 0 spiro atoms. The van der Waals surface area contributed by atoms with Crippen LogP contribution < -0.4 is 27.8 Å². The number of aliphatic carboxylic acids is 1. The predicted octanol–water partition coefficient (Wildman–Crippen LogP) is -1.73. The summed E-state index contributed by atoms with van der Waals surface area (Å²) in [5.74, 6) is -2.11. The Kier molecular flexibility index (Phi) is 10.2. The first-order chi connectivity index (χ1) is 13.3. The fourth-order valence-corrected chi connectivity index (χ4v) is 3.20. The van der Waals surface area contributed by atoms with E-state index in [2.05, 4.69) is 10.6 Å². The molecule has 0 aliphatic carbocycles. The van der Waals surface area contributed by atoms with Gasteiger partial charge in [-0.2, -0.15) is 0 Å². The number of carboxylic acid groups (broad SMARTS) is 1. The maximum Gasteiger partial charge on any atom is 0.326 e. The summed E-state index contributed by atoms with van der Waals surface area (Å²) in [5.41, 5.74) is 16.6. The second-order valence-corrected chi connectivity index (χ2v) is 6.96. The molecule has 3 unspecified atom stereocenters. The minimum atomic E-state index is -1.15. The second kappa shape index (κ2) is 12.1. The number of nitrogens with one attached hydrogen (secondary N) is 3. The zero-order chi connectivity index (χ0) is 21.1. The van der Waals surface area contributed by atoms with Gasteiger partial charge in [-0.1, -0.05) is 6.42 Å². The summed E-state index contributed by atoms with van der Waals surface area (Å²) in [6.07, 6.45) is 3.76. The largest absolute Gasteiger partial charge is 0.480 e. The van der Waals surface area contributed by atoms with Gasteiger partial charge in [0.25, 0.3) is 0 Å². The summed E-state index contributed by atoms with van der Waals surface area (Å²) in [4.78, 5) is 38.1. The van der Waals surface area contributed by atoms with Crippen LogP contribution in [0.3, 0.4) is 0 Å². The first-order valence-corrected chi connectivity index (χ1v) is 9.65. The Morgan fingerprint density at radius 3 is 2.54 bits per heavy atom. The van der Waals surface area contributed by atoms with Crippen LogP contribution in [0.1, 0.15) is 44.9 Å². The molecule has 3 atom stereocenters. The molecule has 10 N–H and O–H groups in total. The first kappa shape index (κ1) is 23.6. The topological polar surface area (TPSA) is 201 Å². The molecule has 1 heterocycles. The molecule has 11 nitrogen and oxygen atoms in total. The number of nitrogens with zero attached hydrogens (tertiary/aromatic N) is 1. The molecular weight excluding hydrogens is 366 g/mol. The lowest BCUT2D eigenvalue weighted by Gasteiger charge is -2.27. The van der Waals surface area contributed by atoms with Gasteiger partial charge in [0.15, 0.2) is 5.96 Å². The highest BCUT2D eigenvalue weighted by Crippen LogP contribution is 2.19. The van der Waals surface area contributed by atoms with Crippen molar-refractivity contribution in [2.24, 2.45) is 17.2 Å². The maximum atomic E-state index is 12.6. The number of carboxylic acids is 1. The Bertz CT molecular complexity index is 558. The van der Waals surface area contributed by atoms with Crippen LogP contribution in [0.5, 0.6) is 0 Å². The van der Waals surface area contributed by atoms with Crippen molar-refractivity contribution in [3.8, 4) is 0 Å². The van der Waals surface area contributed by atoms with Crippen molar-refractivity contribution in [2.75, 3.05) is 19.6 Å². The molecule has 0 radical (unpaired) electrons. The molecule has 1 rings (SSSR count). The predicted molar refractivity (Wildman–Crippen MR) is 104 cm³/mol. The molecular formula is C17H33N7O4. The Balaban J connectivity index is 2.60. The monoisotopic (exact) mass is 399 g/mol. The summed E-state index contributed by atoms with van der Waals surface area (Å²) < 4.78 is 0. The number of guanidine groups is 1. The summed E-state index contributed by atoms with van der Waals surface area (Å²) >= 11 is 0. The van der Waals surface area contributed by atoms with E-state index in [0.29, 0.717) is 45.3 Å². The third kappa shape index (κ3) is 7.69. The van der Waals surface area contributed by atoms with Gasteiger partial charge in [-0.25, -0.2) is 4.79 Å². The van der Waals surface area contributed by atoms with E-state index < -0.39 is 30.0 Å². The van der Waals surface area contributed by atoms with Gasteiger partial charge in [0, 0.05) is 13.1 Å². The van der Waals surface area contributed by atoms with E-state index in [-0.39, 0.29) is 18.3 Å². The van der Waals surface area contributed by atoms with Crippen LogP contribution in [0.2, 0.25) is 0 Å². The molecule has 1 aliphatic heterocycles. The number of likely N-dealkylation sites (tertiary alicyclic amines) is 1. The smallest absolute Gasteiger partial charge is 0.326 e. The summed E-state index contributed by atoms with van der Waals surface area (Å²) in [6, 6.07) is -2.46. The normalized spacial score (nSPS) is 18.4. The van der Waals surface area contributed by atoms with Crippen LogP contribution in [0, 0.1) is 5.41 Å². The van der Waals surface area contributed by atoms with Gasteiger partial charge < -0.3 is 37.8 Å². The third-order valence-electron chi connectivity index (χ3n) is 4.72. The van der Waals surface area contributed by atoms with Crippen molar-refractivity contribution in [1.82, 2.24) is 15.5 Å². The Morgan fingerprint density at radius 2 is 1.93 bits per heavy atom. The zero-order valence-electron chi connectivity index (χ0n) is 16.2. The molecule has 1 aliphatic rings. The lowest BCUT2D eigenvalue weighted by atomic mass is 10.1. The van der Waals surface area contributed by atoms with Crippen LogP contribution in [0.15, 0.2) is 0 Å². The molecule has 0 bridgehead atoms. The number of nitrogens with two attached hydrogens (primary N) is 3. The van der Waals surface area contributed by atoms with Crippen LogP contribution >= 0.6 is 0 Å². The van der Waals surface area contributed by atoms with Crippen LogP contribution in [0.25, 0.3) is 0 Å². The van der Waals surface area contributed by atoms with Crippen molar-refractivity contribution in [1.29, 1.82) is 5.41 Å². The minimum Gasteiger partial charge on any atom is -0.480 e. The van der Waals surface area contributed by atoms with Gasteiger partial charge in [-0.15, -0.1) is 0 Å². The molecule has 1 saturated heterocycles. The molecule has 0 aromatic rings. The highest BCUT2D eigenvalue weighted by Gasteiger charge is 2.37. The van der Waals surface area contributed by atoms with Gasteiger partial charge in [-0.05, 0) is 45.1 Å².